The molecule has 1 aliphatic rings. The summed E-state index contributed by atoms with van der Waals surface area (Å²) >= 11 is 6.80. The van der Waals surface area contributed by atoms with E-state index in [1.165, 1.54) is 12.1 Å². The molecule has 0 radical (unpaired) electrons. The Hall–Kier alpha value is -3.51. The van der Waals surface area contributed by atoms with Gasteiger partial charge in [0.15, 0.2) is 0 Å². The zero-order chi connectivity index (χ0) is 25.8. The van der Waals surface area contributed by atoms with Crippen molar-refractivity contribution < 1.29 is 14.3 Å². The quantitative estimate of drug-likeness (QED) is 0.317. The zero-order valence-corrected chi connectivity index (χ0v) is 21.4. The number of para-hydroxylation sites is 1. The molecule has 0 aliphatic heterocycles. The van der Waals surface area contributed by atoms with Crippen molar-refractivity contribution in [1.29, 1.82) is 0 Å². The minimum Gasteiger partial charge on any atom is -0.478 e. The summed E-state index contributed by atoms with van der Waals surface area (Å²) in [4.78, 5) is 17.4. The summed E-state index contributed by atoms with van der Waals surface area (Å²) in [5.41, 5.74) is 5.44. The summed E-state index contributed by atoms with van der Waals surface area (Å²) in [5.74, 6) is -1.07. The molecular formula is C29H27ClFN3O2. The standard InChI is InChI=1S/C29H27ClFN3O2/c1-16-22(27(30)34(33-16)20-11-9-19(31)10-12-20)14-17-13-18(29(2,3)4)15-23-25(28(35)36)21-7-5-6-8-24(21)32-26(17)23/h5-12,14,18H,13,15H2,1-4H3,(H,35,36)/b17-14-/t18-/m1/s1. The van der Waals surface area contributed by atoms with E-state index in [0.717, 1.165) is 28.8 Å². The number of rotatable bonds is 3. The second-order valence-corrected chi connectivity index (χ2v) is 10.8. The highest BCUT2D eigenvalue weighted by Crippen LogP contribution is 2.45. The van der Waals surface area contributed by atoms with E-state index < -0.39 is 5.97 Å². The van der Waals surface area contributed by atoms with Gasteiger partial charge in [-0.1, -0.05) is 50.6 Å². The molecule has 0 spiro atoms. The highest BCUT2D eigenvalue weighted by Gasteiger charge is 2.35. The Labute approximate surface area is 214 Å². The van der Waals surface area contributed by atoms with Crippen LogP contribution in [0.25, 0.3) is 28.2 Å². The number of pyridine rings is 1. The van der Waals surface area contributed by atoms with Crippen molar-refractivity contribution in [2.75, 3.05) is 0 Å². The van der Waals surface area contributed by atoms with Gasteiger partial charge in [-0.15, -0.1) is 0 Å². The lowest BCUT2D eigenvalue weighted by atomic mass is 9.69. The van der Waals surface area contributed by atoms with Gasteiger partial charge in [0.05, 0.1) is 28.2 Å². The fraction of sp³-hybridized carbons (Fsp3) is 0.276. The molecule has 5 rings (SSSR count). The van der Waals surface area contributed by atoms with Crippen LogP contribution in [-0.2, 0) is 6.42 Å². The summed E-state index contributed by atoms with van der Waals surface area (Å²) in [7, 11) is 0. The SMILES string of the molecule is Cc1nn(-c2ccc(F)cc2)c(Cl)c1/C=C1/C[C@@H](C(C)(C)C)Cc2c1nc1ccccc1c2C(=O)O. The maximum atomic E-state index is 13.4. The Morgan fingerprint density at radius 3 is 2.50 bits per heavy atom. The number of aryl methyl sites for hydroxylation is 1. The van der Waals surface area contributed by atoms with Crippen LogP contribution in [0.4, 0.5) is 4.39 Å². The second kappa shape index (κ2) is 8.86. The first-order valence-electron chi connectivity index (χ1n) is 11.9. The minimum absolute atomic E-state index is 0.0463. The molecule has 7 heteroatoms. The van der Waals surface area contributed by atoms with Gasteiger partial charge in [-0.25, -0.2) is 18.9 Å². The molecule has 0 bridgehead atoms. The number of hydrogen-bond donors (Lipinski definition) is 1. The number of allylic oxidation sites excluding steroid dienone is 1. The first-order chi connectivity index (χ1) is 17.0. The maximum absolute atomic E-state index is 13.4. The van der Waals surface area contributed by atoms with Crippen molar-refractivity contribution in [2.24, 2.45) is 11.3 Å². The number of halogens is 2. The molecule has 1 atom stereocenters. The third kappa shape index (κ3) is 4.20. The summed E-state index contributed by atoms with van der Waals surface area (Å²) in [6.07, 6.45) is 3.37. The summed E-state index contributed by atoms with van der Waals surface area (Å²) in [5, 5.41) is 15.9. The van der Waals surface area contributed by atoms with Gasteiger partial charge in [0.1, 0.15) is 11.0 Å². The number of carboxylic acid groups (broad SMARTS) is 1. The molecule has 0 saturated carbocycles. The molecule has 1 N–H and O–H groups in total. The molecule has 5 nitrogen and oxygen atoms in total. The summed E-state index contributed by atoms with van der Waals surface area (Å²) in [6.45, 7) is 8.42. The van der Waals surface area contributed by atoms with Crippen LogP contribution < -0.4 is 0 Å². The molecular weight excluding hydrogens is 477 g/mol. The first-order valence-corrected chi connectivity index (χ1v) is 12.3. The molecule has 184 valence electrons. The van der Waals surface area contributed by atoms with Crippen LogP contribution in [0.15, 0.2) is 48.5 Å². The van der Waals surface area contributed by atoms with Crippen molar-refractivity contribution in [3.8, 4) is 5.69 Å². The van der Waals surface area contributed by atoms with E-state index >= 15 is 0 Å². The molecule has 0 amide bonds. The number of hydrogen-bond acceptors (Lipinski definition) is 3. The minimum atomic E-state index is -0.947. The molecule has 2 aromatic heterocycles. The third-order valence-electron chi connectivity index (χ3n) is 7.09. The molecule has 2 aromatic carbocycles. The van der Waals surface area contributed by atoms with Crippen molar-refractivity contribution in [3.63, 3.8) is 0 Å². The lowest BCUT2D eigenvalue weighted by Gasteiger charge is -2.36. The van der Waals surface area contributed by atoms with Gasteiger partial charge >= 0.3 is 5.97 Å². The molecule has 1 aliphatic carbocycles. The van der Waals surface area contributed by atoms with Crippen LogP contribution in [0.2, 0.25) is 5.15 Å². The second-order valence-electron chi connectivity index (χ2n) is 10.5. The largest absolute Gasteiger partial charge is 0.478 e. The van der Waals surface area contributed by atoms with Gasteiger partial charge < -0.3 is 5.11 Å². The number of fused-ring (bicyclic) bond motifs is 2. The van der Waals surface area contributed by atoms with Crippen LogP contribution >= 0.6 is 11.6 Å². The average molecular weight is 504 g/mol. The predicted molar refractivity (Wildman–Crippen MR) is 141 cm³/mol. The smallest absolute Gasteiger partial charge is 0.336 e. The highest BCUT2D eigenvalue weighted by atomic mass is 35.5. The van der Waals surface area contributed by atoms with Crippen LogP contribution in [0, 0.1) is 24.1 Å². The van der Waals surface area contributed by atoms with Crippen molar-refractivity contribution >= 4 is 40.1 Å². The lowest BCUT2D eigenvalue weighted by molar-refractivity contribution is 0.0696. The van der Waals surface area contributed by atoms with E-state index in [1.807, 2.05) is 37.3 Å². The average Bonchev–Trinajstić information content (AvgIpc) is 3.10. The fourth-order valence-electron chi connectivity index (χ4n) is 4.98. The van der Waals surface area contributed by atoms with Gasteiger partial charge in [0.2, 0.25) is 0 Å². The molecule has 2 heterocycles. The van der Waals surface area contributed by atoms with Crippen molar-refractivity contribution in [2.45, 2.75) is 40.5 Å². The van der Waals surface area contributed by atoms with Crippen LogP contribution in [0.3, 0.4) is 0 Å². The van der Waals surface area contributed by atoms with E-state index in [9.17, 15) is 14.3 Å². The maximum Gasteiger partial charge on any atom is 0.336 e. The Morgan fingerprint density at radius 2 is 1.83 bits per heavy atom. The van der Waals surface area contributed by atoms with E-state index in [1.54, 1.807) is 16.8 Å². The third-order valence-corrected chi connectivity index (χ3v) is 7.45. The molecule has 36 heavy (non-hydrogen) atoms. The number of carboxylic acids is 1. The predicted octanol–water partition coefficient (Wildman–Crippen LogP) is 7.37. The monoisotopic (exact) mass is 503 g/mol. The number of nitrogens with zero attached hydrogens (tertiary/aromatic N) is 3. The van der Waals surface area contributed by atoms with Gasteiger partial charge in [0.25, 0.3) is 0 Å². The normalized spacial score (nSPS) is 16.9. The van der Waals surface area contributed by atoms with E-state index in [-0.39, 0.29) is 17.2 Å². The molecule has 0 fully saturated rings. The topological polar surface area (TPSA) is 68.0 Å². The van der Waals surface area contributed by atoms with Gasteiger partial charge in [-0.05, 0) is 78.6 Å². The lowest BCUT2D eigenvalue weighted by Crippen LogP contribution is -2.28. The molecule has 0 unspecified atom stereocenters. The molecule has 4 aromatic rings. The number of benzene rings is 2. The number of aromatic nitrogens is 3. The first kappa shape index (κ1) is 24.2. The summed E-state index contributed by atoms with van der Waals surface area (Å²) in [6, 6.07) is 13.4. The van der Waals surface area contributed by atoms with E-state index in [4.69, 9.17) is 16.6 Å². The Balaban J connectivity index is 1.74. The van der Waals surface area contributed by atoms with Gasteiger partial charge in [-0.2, -0.15) is 5.10 Å². The summed E-state index contributed by atoms with van der Waals surface area (Å²) < 4.78 is 15.0. The van der Waals surface area contributed by atoms with E-state index in [2.05, 4.69) is 25.9 Å². The zero-order valence-electron chi connectivity index (χ0n) is 20.6. The van der Waals surface area contributed by atoms with Crippen LogP contribution in [-0.4, -0.2) is 25.8 Å². The Kier molecular flexibility index (Phi) is 5.95. The van der Waals surface area contributed by atoms with Crippen LogP contribution in [0.5, 0.6) is 0 Å². The van der Waals surface area contributed by atoms with Gasteiger partial charge in [-0.3, -0.25) is 0 Å². The number of carbonyl (C=O) groups is 1. The Bertz CT molecular complexity index is 1530. The van der Waals surface area contributed by atoms with Crippen molar-refractivity contribution in [1.82, 2.24) is 14.8 Å². The Morgan fingerprint density at radius 1 is 1.14 bits per heavy atom. The number of aromatic carboxylic acids is 1. The van der Waals surface area contributed by atoms with Crippen molar-refractivity contribution in [3.05, 3.63) is 87.6 Å². The van der Waals surface area contributed by atoms with E-state index in [0.29, 0.717) is 39.4 Å². The van der Waals surface area contributed by atoms with Crippen LogP contribution in [0.1, 0.15) is 60.1 Å². The van der Waals surface area contributed by atoms with Gasteiger partial charge in [0, 0.05) is 10.9 Å². The highest BCUT2D eigenvalue weighted by molar-refractivity contribution is 6.31. The molecule has 0 saturated heterocycles. The fourth-order valence-corrected chi connectivity index (χ4v) is 5.31.